The first-order valence-corrected chi connectivity index (χ1v) is 9.92. The van der Waals surface area contributed by atoms with Crippen LogP contribution < -0.4 is 20.2 Å². The summed E-state index contributed by atoms with van der Waals surface area (Å²) >= 11 is 0. The maximum atomic E-state index is 12.1. The van der Waals surface area contributed by atoms with Gasteiger partial charge in [0.25, 0.3) is 0 Å². The van der Waals surface area contributed by atoms with Crippen LogP contribution in [-0.4, -0.2) is 31.7 Å². The molecule has 160 valence electrons. The number of benzene rings is 2. The monoisotopic (exact) mass is 411 g/mol. The van der Waals surface area contributed by atoms with E-state index in [0.29, 0.717) is 18.1 Å². The Morgan fingerprint density at radius 3 is 2.53 bits per heavy atom. The fraction of sp³-hybridized carbons (Fsp3) is 0.348. The topological polar surface area (TPSA) is 89.0 Å². The second-order valence-electron chi connectivity index (χ2n) is 6.92. The Labute approximate surface area is 177 Å². The summed E-state index contributed by atoms with van der Waals surface area (Å²) in [5.41, 5.74) is 5.99. The van der Waals surface area contributed by atoms with Gasteiger partial charge in [-0.2, -0.15) is 5.10 Å². The molecule has 2 aromatic carbocycles. The summed E-state index contributed by atoms with van der Waals surface area (Å²) < 4.78 is 10.9. The smallest absolute Gasteiger partial charge is 0.240 e. The normalized spacial score (nSPS) is 10.7. The van der Waals surface area contributed by atoms with Crippen LogP contribution in [0.1, 0.15) is 42.9 Å². The number of nitrogens with one attached hydrogen (secondary N) is 2. The van der Waals surface area contributed by atoms with Crippen molar-refractivity contribution in [3.05, 3.63) is 53.1 Å². The van der Waals surface area contributed by atoms with E-state index in [-0.39, 0.29) is 24.7 Å². The molecule has 0 saturated carbocycles. The SMILES string of the molecule is CCCOc1ccc(C=NNC(=O)CCC(=O)Nc2cc(C)ccc2C)cc1OC. The first-order chi connectivity index (χ1) is 14.4. The van der Waals surface area contributed by atoms with Crippen molar-refractivity contribution in [2.24, 2.45) is 5.10 Å². The molecule has 0 heterocycles. The number of amides is 2. The molecule has 2 N–H and O–H groups in total. The second-order valence-corrected chi connectivity index (χ2v) is 6.92. The van der Waals surface area contributed by atoms with Gasteiger partial charge in [0, 0.05) is 18.5 Å². The van der Waals surface area contributed by atoms with Gasteiger partial charge in [-0.3, -0.25) is 9.59 Å². The number of aryl methyl sites for hydroxylation is 2. The van der Waals surface area contributed by atoms with Crippen molar-refractivity contribution in [2.45, 2.75) is 40.0 Å². The third-order valence-electron chi connectivity index (χ3n) is 4.30. The van der Waals surface area contributed by atoms with E-state index in [1.54, 1.807) is 19.2 Å². The van der Waals surface area contributed by atoms with E-state index in [2.05, 4.69) is 15.8 Å². The summed E-state index contributed by atoms with van der Waals surface area (Å²) in [6.07, 6.45) is 2.54. The van der Waals surface area contributed by atoms with Gasteiger partial charge in [-0.1, -0.05) is 19.1 Å². The molecule has 0 radical (unpaired) electrons. The lowest BCUT2D eigenvalue weighted by molar-refractivity contribution is -0.124. The molecule has 2 rings (SSSR count). The lowest BCUT2D eigenvalue weighted by Gasteiger charge is -2.10. The summed E-state index contributed by atoms with van der Waals surface area (Å²) in [5.74, 6) is 0.713. The lowest BCUT2D eigenvalue weighted by atomic mass is 10.1. The number of anilines is 1. The van der Waals surface area contributed by atoms with Crippen LogP contribution in [0.2, 0.25) is 0 Å². The number of ether oxygens (including phenoxy) is 2. The van der Waals surface area contributed by atoms with Crippen molar-refractivity contribution < 1.29 is 19.1 Å². The summed E-state index contributed by atoms with van der Waals surface area (Å²) in [6, 6.07) is 11.2. The Hall–Kier alpha value is -3.35. The van der Waals surface area contributed by atoms with E-state index in [4.69, 9.17) is 9.47 Å². The number of carbonyl (C=O) groups is 2. The molecule has 0 aliphatic heterocycles. The Morgan fingerprint density at radius 1 is 1.03 bits per heavy atom. The van der Waals surface area contributed by atoms with Gasteiger partial charge in [-0.15, -0.1) is 0 Å². The van der Waals surface area contributed by atoms with Crippen LogP contribution in [-0.2, 0) is 9.59 Å². The van der Waals surface area contributed by atoms with Crippen molar-refractivity contribution >= 4 is 23.7 Å². The Morgan fingerprint density at radius 2 is 1.80 bits per heavy atom. The number of methoxy groups -OCH3 is 1. The van der Waals surface area contributed by atoms with Gasteiger partial charge in [-0.05, 0) is 61.2 Å². The largest absolute Gasteiger partial charge is 0.493 e. The summed E-state index contributed by atoms with van der Waals surface area (Å²) in [7, 11) is 1.57. The highest BCUT2D eigenvalue weighted by atomic mass is 16.5. The van der Waals surface area contributed by atoms with Crippen molar-refractivity contribution in [3.8, 4) is 11.5 Å². The van der Waals surface area contributed by atoms with Crippen molar-refractivity contribution in [2.75, 3.05) is 19.0 Å². The first-order valence-electron chi connectivity index (χ1n) is 9.92. The molecule has 0 spiro atoms. The number of nitrogens with zero attached hydrogens (tertiary/aromatic N) is 1. The predicted molar refractivity (Wildman–Crippen MR) is 118 cm³/mol. The highest BCUT2D eigenvalue weighted by Crippen LogP contribution is 2.27. The second kappa shape index (κ2) is 11.6. The maximum absolute atomic E-state index is 12.1. The average Bonchev–Trinajstić information content (AvgIpc) is 2.73. The minimum atomic E-state index is -0.336. The van der Waals surface area contributed by atoms with Crippen molar-refractivity contribution in [3.63, 3.8) is 0 Å². The van der Waals surface area contributed by atoms with Crippen molar-refractivity contribution in [1.29, 1.82) is 0 Å². The number of rotatable bonds is 10. The van der Waals surface area contributed by atoms with Crippen LogP contribution in [0.5, 0.6) is 11.5 Å². The van der Waals surface area contributed by atoms with Gasteiger partial charge < -0.3 is 14.8 Å². The van der Waals surface area contributed by atoms with Gasteiger partial charge in [0.05, 0.1) is 19.9 Å². The van der Waals surface area contributed by atoms with E-state index in [1.807, 2.05) is 45.0 Å². The highest BCUT2D eigenvalue weighted by Gasteiger charge is 2.09. The summed E-state index contributed by atoms with van der Waals surface area (Å²) in [4.78, 5) is 24.1. The van der Waals surface area contributed by atoms with Crippen LogP contribution in [0.4, 0.5) is 5.69 Å². The van der Waals surface area contributed by atoms with E-state index in [1.165, 1.54) is 6.21 Å². The number of hydrazone groups is 1. The maximum Gasteiger partial charge on any atom is 0.240 e. The zero-order valence-electron chi connectivity index (χ0n) is 18.0. The fourth-order valence-corrected chi connectivity index (χ4v) is 2.64. The van der Waals surface area contributed by atoms with Crippen molar-refractivity contribution in [1.82, 2.24) is 5.43 Å². The van der Waals surface area contributed by atoms with Gasteiger partial charge in [0.1, 0.15) is 0 Å². The zero-order valence-corrected chi connectivity index (χ0v) is 18.0. The molecule has 0 aliphatic carbocycles. The predicted octanol–water partition coefficient (Wildman–Crippen LogP) is 3.97. The van der Waals surface area contributed by atoms with Crippen LogP contribution in [0.25, 0.3) is 0 Å². The highest BCUT2D eigenvalue weighted by molar-refractivity contribution is 5.94. The zero-order chi connectivity index (χ0) is 21.9. The molecule has 0 aromatic heterocycles. The molecule has 7 heteroatoms. The minimum absolute atomic E-state index is 0.0428. The van der Waals surface area contributed by atoms with Crippen LogP contribution in [0, 0.1) is 13.8 Å². The lowest BCUT2D eigenvalue weighted by Crippen LogP contribution is -2.21. The molecule has 0 unspecified atom stereocenters. The fourth-order valence-electron chi connectivity index (χ4n) is 2.64. The standard InChI is InChI=1S/C23H29N3O4/c1-5-12-30-20-9-8-18(14-21(20)29-4)15-24-26-23(28)11-10-22(27)25-19-13-16(2)6-7-17(19)3/h6-9,13-15H,5,10-12H2,1-4H3,(H,25,27)(H,26,28). The molecule has 2 amide bonds. The average molecular weight is 412 g/mol. The summed E-state index contributed by atoms with van der Waals surface area (Å²) in [5, 5.41) is 6.78. The summed E-state index contributed by atoms with van der Waals surface area (Å²) in [6.45, 7) is 6.52. The molecule has 0 aliphatic rings. The molecule has 2 aromatic rings. The Kier molecular flexibility index (Phi) is 8.87. The molecular formula is C23H29N3O4. The number of hydrogen-bond acceptors (Lipinski definition) is 5. The molecule has 0 saturated heterocycles. The Bertz CT molecular complexity index is 909. The number of carbonyl (C=O) groups excluding carboxylic acids is 2. The first kappa shape index (κ1) is 22.9. The van der Waals surface area contributed by atoms with Gasteiger partial charge in [0.2, 0.25) is 11.8 Å². The minimum Gasteiger partial charge on any atom is -0.493 e. The quantitative estimate of drug-likeness (QED) is 0.457. The van der Waals surface area contributed by atoms with E-state index in [0.717, 1.165) is 28.8 Å². The third-order valence-corrected chi connectivity index (χ3v) is 4.30. The molecule has 7 nitrogen and oxygen atoms in total. The molecule has 0 bridgehead atoms. The van der Waals surface area contributed by atoms with Crippen LogP contribution in [0.15, 0.2) is 41.5 Å². The van der Waals surface area contributed by atoms with Gasteiger partial charge >= 0.3 is 0 Å². The van der Waals surface area contributed by atoms with E-state index >= 15 is 0 Å². The van der Waals surface area contributed by atoms with E-state index in [9.17, 15) is 9.59 Å². The van der Waals surface area contributed by atoms with Gasteiger partial charge in [0.15, 0.2) is 11.5 Å². The molecular weight excluding hydrogens is 382 g/mol. The third kappa shape index (κ3) is 7.24. The van der Waals surface area contributed by atoms with Crippen LogP contribution >= 0.6 is 0 Å². The molecule has 0 fully saturated rings. The Balaban J connectivity index is 1.81. The number of hydrogen-bond donors (Lipinski definition) is 2. The van der Waals surface area contributed by atoms with Crippen LogP contribution in [0.3, 0.4) is 0 Å². The van der Waals surface area contributed by atoms with Gasteiger partial charge in [-0.25, -0.2) is 5.43 Å². The van der Waals surface area contributed by atoms with E-state index < -0.39 is 0 Å². The molecule has 0 atom stereocenters. The molecule has 30 heavy (non-hydrogen) atoms.